The SMILES string of the molecule is CCOC(=O)C(C)(NCCOC)c1ccc(Br)cc1. The average molecular weight is 330 g/mol. The smallest absolute Gasteiger partial charge is 0.330 e. The van der Waals surface area contributed by atoms with Crippen molar-refractivity contribution in [2.24, 2.45) is 0 Å². The third-order valence-electron chi connectivity index (χ3n) is 2.89. The van der Waals surface area contributed by atoms with E-state index in [-0.39, 0.29) is 5.97 Å². The largest absolute Gasteiger partial charge is 0.464 e. The number of carbonyl (C=O) groups excluding carboxylic acids is 1. The zero-order valence-corrected chi connectivity index (χ0v) is 13.1. The van der Waals surface area contributed by atoms with Crippen LogP contribution >= 0.6 is 15.9 Å². The minimum absolute atomic E-state index is 0.284. The maximum Gasteiger partial charge on any atom is 0.330 e. The van der Waals surface area contributed by atoms with E-state index in [4.69, 9.17) is 9.47 Å². The van der Waals surface area contributed by atoms with Gasteiger partial charge in [0.1, 0.15) is 5.54 Å². The molecule has 0 heterocycles. The second-order valence-electron chi connectivity index (χ2n) is 4.27. The number of ether oxygens (including phenoxy) is 2. The number of esters is 1. The van der Waals surface area contributed by atoms with Gasteiger partial charge in [0.05, 0.1) is 13.2 Å². The van der Waals surface area contributed by atoms with E-state index in [1.807, 2.05) is 31.2 Å². The lowest BCUT2D eigenvalue weighted by Crippen LogP contribution is -2.48. The number of hydrogen-bond acceptors (Lipinski definition) is 4. The van der Waals surface area contributed by atoms with Gasteiger partial charge in [0.15, 0.2) is 0 Å². The molecule has 4 nitrogen and oxygen atoms in total. The third kappa shape index (κ3) is 4.30. The Morgan fingerprint density at radius 1 is 1.37 bits per heavy atom. The van der Waals surface area contributed by atoms with Crippen LogP contribution in [-0.2, 0) is 19.8 Å². The molecule has 0 amide bonds. The summed E-state index contributed by atoms with van der Waals surface area (Å²) < 4.78 is 11.1. The van der Waals surface area contributed by atoms with Gasteiger partial charge in [-0.3, -0.25) is 5.32 Å². The fourth-order valence-electron chi connectivity index (χ4n) is 1.75. The Balaban J connectivity index is 2.96. The number of nitrogens with one attached hydrogen (secondary N) is 1. The second-order valence-corrected chi connectivity index (χ2v) is 5.19. The molecule has 1 aromatic carbocycles. The Hall–Kier alpha value is -0.910. The van der Waals surface area contributed by atoms with Crippen LogP contribution in [0, 0.1) is 0 Å². The van der Waals surface area contributed by atoms with E-state index in [9.17, 15) is 4.79 Å². The van der Waals surface area contributed by atoms with E-state index in [2.05, 4.69) is 21.2 Å². The summed E-state index contributed by atoms with van der Waals surface area (Å²) in [5, 5.41) is 3.20. The summed E-state index contributed by atoms with van der Waals surface area (Å²) in [4.78, 5) is 12.2. The van der Waals surface area contributed by atoms with Crippen molar-refractivity contribution in [2.45, 2.75) is 19.4 Å². The van der Waals surface area contributed by atoms with E-state index in [0.29, 0.717) is 19.8 Å². The third-order valence-corrected chi connectivity index (χ3v) is 3.42. The van der Waals surface area contributed by atoms with Gasteiger partial charge in [-0.25, -0.2) is 4.79 Å². The van der Waals surface area contributed by atoms with Crippen molar-refractivity contribution < 1.29 is 14.3 Å². The zero-order chi connectivity index (χ0) is 14.3. The van der Waals surface area contributed by atoms with Crippen LogP contribution in [0.25, 0.3) is 0 Å². The van der Waals surface area contributed by atoms with E-state index < -0.39 is 5.54 Å². The summed E-state index contributed by atoms with van der Waals surface area (Å²) >= 11 is 3.39. The fourth-order valence-corrected chi connectivity index (χ4v) is 2.02. The molecule has 0 bridgehead atoms. The number of carbonyl (C=O) groups is 1. The number of rotatable bonds is 7. The van der Waals surface area contributed by atoms with E-state index in [1.165, 1.54) is 0 Å². The second kappa shape index (κ2) is 7.62. The van der Waals surface area contributed by atoms with Gasteiger partial charge >= 0.3 is 5.97 Å². The molecule has 0 saturated heterocycles. The molecule has 1 atom stereocenters. The van der Waals surface area contributed by atoms with Crippen LogP contribution < -0.4 is 5.32 Å². The van der Waals surface area contributed by atoms with Crippen molar-refractivity contribution in [3.63, 3.8) is 0 Å². The summed E-state index contributed by atoms with van der Waals surface area (Å²) in [5.41, 5.74) is 0.000142. The van der Waals surface area contributed by atoms with Gasteiger partial charge in [-0.1, -0.05) is 28.1 Å². The Bertz CT molecular complexity index is 408. The highest BCUT2D eigenvalue weighted by Gasteiger charge is 2.36. The van der Waals surface area contributed by atoms with Crippen molar-refractivity contribution >= 4 is 21.9 Å². The first-order valence-electron chi connectivity index (χ1n) is 6.21. The average Bonchev–Trinajstić information content (AvgIpc) is 2.39. The van der Waals surface area contributed by atoms with Gasteiger partial charge in [-0.15, -0.1) is 0 Å². The van der Waals surface area contributed by atoms with Crippen LogP contribution in [0.5, 0.6) is 0 Å². The summed E-state index contributed by atoms with van der Waals surface area (Å²) in [6.45, 7) is 5.09. The van der Waals surface area contributed by atoms with Gasteiger partial charge in [0.25, 0.3) is 0 Å². The summed E-state index contributed by atoms with van der Waals surface area (Å²) in [6, 6.07) is 7.62. The molecule has 1 N–H and O–H groups in total. The van der Waals surface area contributed by atoms with E-state index in [0.717, 1.165) is 10.0 Å². The summed E-state index contributed by atoms with van der Waals surface area (Å²) in [7, 11) is 1.63. The molecule has 106 valence electrons. The monoisotopic (exact) mass is 329 g/mol. The molecule has 0 aliphatic rings. The van der Waals surface area contributed by atoms with E-state index in [1.54, 1.807) is 14.0 Å². The number of benzene rings is 1. The molecule has 1 rings (SSSR count). The van der Waals surface area contributed by atoms with Gasteiger partial charge in [0.2, 0.25) is 0 Å². The first kappa shape index (κ1) is 16.1. The number of halogens is 1. The topological polar surface area (TPSA) is 47.6 Å². The van der Waals surface area contributed by atoms with Gasteiger partial charge in [-0.05, 0) is 31.5 Å². The standard InChI is InChI=1S/C14H20BrNO3/c1-4-19-13(17)14(2,16-9-10-18-3)11-5-7-12(15)8-6-11/h5-8,16H,4,9-10H2,1-3H3. The Labute approximate surface area is 122 Å². The molecule has 0 saturated carbocycles. The first-order valence-corrected chi connectivity index (χ1v) is 7.01. The molecule has 0 radical (unpaired) electrons. The van der Waals surface area contributed by atoms with Crippen LogP contribution in [0.1, 0.15) is 19.4 Å². The van der Waals surface area contributed by atoms with Crippen molar-refractivity contribution in [2.75, 3.05) is 26.9 Å². The molecule has 1 unspecified atom stereocenters. The van der Waals surface area contributed by atoms with Crippen molar-refractivity contribution in [1.29, 1.82) is 0 Å². The van der Waals surface area contributed by atoms with Crippen LogP contribution in [0.15, 0.2) is 28.7 Å². The predicted octanol–water partition coefficient (Wildman–Crippen LogP) is 2.46. The molecular weight excluding hydrogens is 310 g/mol. The minimum Gasteiger partial charge on any atom is -0.464 e. The lowest BCUT2D eigenvalue weighted by molar-refractivity contribution is -0.151. The highest BCUT2D eigenvalue weighted by molar-refractivity contribution is 9.10. The molecule has 0 spiro atoms. The van der Waals surface area contributed by atoms with Crippen LogP contribution in [0.3, 0.4) is 0 Å². The van der Waals surface area contributed by atoms with Crippen molar-refractivity contribution in [1.82, 2.24) is 5.32 Å². The van der Waals surface area contributed by atoms with Crippen LogP contribution in [0.2, 0.25) is 0 Å². The highest BCUT2D eigenvalue weighted by Crippen LogP contribution is 2.24. The molecule has 0 aliphatic heterocycles. The van der Waals surface area contributed by atoms with Gasteiger partial charge in [-0.2, -0.15) is 0 Å². The Morgan fingerprint density at radius 3 is 2.53 bits per heavy atom. The molecule has 0 aliphatic carbocycles. The first-order chi connectivity index (χ1) is 9.04. The normalized spacial score (nSPS) is 13.9. The van der Waals surface area contributed by atoms with Gasteiger partial charge < -0.3 is 9.47 Å². The number of methoxy groups -OCH3 is 1. The van der Waals surface area contributed by atoms with Crippen molar-refractivity contribution in [3.05, 3.63) is 34.3 Å². The highest BCUT2D eigenvalue weighted by atomic mass is 79.9. The molecule has 1 aromatic rings. The van der Waals surface area contributed by atoms with E-state index >= 15 is 0 Å². The summed E-state index contributed by atoms with van der Waals surface area (Å²) in [5.74, 6) is -0.284. The predicted molar refractivity (Wildman–Crippen MR) is 78.0 cm³/mol. The number of hydrogen-bond donors (Lipinski definition) is 1. The fraction of sp³-hybridized carbons (Fsp3) is 0.500. The van der Waals surface area contributed by atoms with Crippen molar-refractivity contribution in [3.8, 4) is 0 Å². The maximum absolute atomic E-state index is 12.2. The zero-order valence-electron chi connectivity index (χ0n) is 11.5. The minimum atomic E-state index is -0.866. The molecule has 0 aromatic heterocycles. The molecular formula is C14H20BrNO3. The molecule has 0 fully saturated rings. The quantitative estimate of drug-likeness (QED) is 0.616. The molecule has 19 heavy (non-hydrogen) atoms. The van der Waals surface area contributed by atoms with Crippen LogP contribution in [-0.4, -0.2) is 32.8 Å². The lowest BCUT2D eigenvalue weighted by Gasteiger charge is -2.29. The maximum atomic E-state index is 12.2. The lowest BCUT2D eigenvalue weighted by atomic mass is 9.92. The van der Waals surface area contributed by atoms with Crippen LogP contribution in [0.4, 0.5) is 0 Å². The Kier molecular flexibility index (Phi) is 6.48. The molecule has 5 heteroatoms. The Morgan fingerprint density at radius 2 is 2.00 bits per heavy atom. The van der Waals surface area contributed by atoms with Gasteiger partial charge in [0, 0.05) is 18.1 Å². The summed E-state index contributed by atoms with van der Waals surface area (Å²) in [6.07, 6.45) is 0.